The summed E-state index contributed by atoms with van der Waals surface area (Å²) < 4.78 is 5.46. The van der Waals surface area contributed by atoms with Gasteiger partial charge in [0, 0.05) is 12.6 Å². The Bertz CT molecular complexity index is 694. The van der Waals surface area contributed by atoms with E-state index in [0.717, 1.165) is 30.7 Å². The normalized spacial score (nSPS) is 16.2. The Morgan fingerprint density at radius 3 is 2.86 bits per heavy atom. The van der Waals surface area contributed by atoms with Crippen molar-refractivity contribution >= 4 is 11.6 Å². The summed E-state index contributed by atoms with van der Waals surface area (Å²) in [6.45, 7) is 1.54. The van der Waals surface area contributed by atoms with E-state index in [1.54, 1.807) is 14.0 Å². The quantitative estimate of drug-likeness (QED) is 0.928. The fourth-order valence-electron chi connectivity index (χ4n) is 3.32. The number of amides is 1. The molecule has 1 atom stereocenters. The molecule has 1 aliphatic carbocycles. The molecule has 0 bridgehead atoms. The van der Waals surface area contributed by atoms with Crippen molar-refractivity contribution in [2.75, 3.05) is 12.4 Å². The third-order valence-corrected chi connectivity index (χ3v) is 4.33. The van der Waals surface area contributed by atoms with Crippen molar-refractivity contribution in [2.24, 2.45) is 0 Å². The molecule has 0 saturated heterocycles. The molecular weight excluding hydrogens is 274 g/mol. The third-order valence-electron chi connectivity index (χ3n) is 4.33. The van der Waals surface area contributed by atoms with Gasteiger partial charge in [-0.3, -0.25) is 4.79 Å². The smallest absolute Gasteiger partial charge is 0.221 e. The Morgan fingerprint density at radius 2 is 2.09 bits per heavy atom. The van der Waals surface area contributed by atoms with Crippen LogP contribution in [0.5, 0.6) is 5.75 Å². The average molecular weight is 295 g/mol. The van der Waals surface area contributed by atoms with Crippen molar-refractivity contribution in [1.29, 1.82) is 0 Å². The van der Waals surface area contributed by atoms with E-state index in [0.29, 0.717) is 5.92 Å². The monoisotopic (exact) mass is 295 g/mol. The summed E-state index contributed by atoms with van der Waals surface area (Å²) in [5.41, 5.74) is 4.89. The van der Waals surface area contributed by atoms with Crippen LogP contribution in [0.4, 0.5) is 5.69 Å². The number of rotatable bonds is 4. The number of fused-ring (bicyclic) bond motifs is 1. The van der Waals surface area contributed by atoms with E-state index in [2.05, 4.69) is 29.6 Å². The fourth-order valence-corrected chi connectivity index (χ4v) is 3.32. The fraction of sp³-hybridized carbons (Fsp3) is 0.316. The number of ether oxygens (including phenoxy) is 1. The van der Waals surface area contributed by atoms with Crippen LogP contribution in [0, 0.1) is 0 Å². The molecule has 0 heterocycles. The van der Waals surface area contributed by atoms with Crippen molar-refractivity contribution in [3.63, 3.8) is 0 Å². The average Bonchev–Trinajstić information content (AvgIpc) is 2.90. The van der Waals surface area contributed by atoms with Gasteiger partial charge in [0.25, 0.3) is 0 Å². The predicted molar refractivity (Wildman–Crippen MR) is 88.5 cm³/mol. The molecule has 3 nitrogen and oxygen atoms in total. The number of anilines is 1. The van der Waals surface area contributed by atoms with Crippen LogP contribution in [0.15, 0.2) is 42.5 Å². The van der Waals surface area contributed by atoms with Gasteiger partial charge in [-0.25, -0.2) is 0 Å². The number of methoxy groups -OCH3 is 1. The van der Waals surface area contributed by atoms with Gasteiger partial charge in [-0.1, -0.05) is 24.3 Å². The van der Waals surface area contributed by atoms with Gasteiger partial charge in [0.15, 0.2) is 0 Å². The number of carbonyl (C=O) groups is 1. The van der Waals surface area contributed by atoms with Gasteiger partial charge in [-0.05, 0) is 60.1 Å². The van der Waals surface area contributed by atoms with E-state index in [1.165, 1.54) is 16.7 Å². The number of aryl methyl sites for hydroxylation is 1. The predicted octanol–water partition coefficient (Wildman–Crippen LogP) is 3.93. The zero-order valence-electron chi connectivity index (χ0n) is 13.1. The summed E-state index contributed by atoms with van der Waals surface area (Å²) in [7, 11) is 1.72. The minimum absolute atomic E-state index is 0.0285. The minimum atomic E-state index is -0.0285. The van der Waals surface area contributed by atoms with Crippen LogP contribution in [0.3, 0.4) is 0 Å². The van der Waals surface area contributed by atoms with Gasteiger partial charge in [0.05, 0.1) is 7.11 Å². The van der Waals surface area contributed by atoms with Crippen LogP contribution in [-0.4, -0.2) is 13.0 Å². The molecule has 3 heteroatoms. The molecule has 1 amide bonds. The van der Waals surface area contributed by atoms with Gasteiger partial charge in [-0.15, -0.1) is 0 Å². The second-order valence-electron chi connectivity index (χ2n) is 5.85. The molecule has 1 N–H and O–H groups in total. The Hall–Kier alpha value is -2.29. The summed E-state index contributed by atoms with van der Waals surface area (Å²) in [6.07, 6.45) is 3.23. The molecular formula is C19H21NO2. The van der Waals surface area contributed by atoms with Crippen molar-refractivity contribution in [3.8, 4) is 5.75 Å². The van der Waals surface area contributed by atoms with Crippen molar-refractivity contribution in [1.82, 2.24) is 0 Å². The highest BCUT2D eigenvalue weighted by atomic mass is 16.5. The molecule has 2 aromatic carbocycles. The maximum atomic E-state index is 11.2. The molecule has 1 aliphatic rings. The first-order chi connectivity index (χ1) is 10.7. The third kappa shape index (κ3) is 2.98. The van der Waals surface area contributed by atoms with Gasteiger partial charge >= 0.3 is 0 Å². The number of nitrogens with one attached hydrogen (secondary N) is 1. The van der Waals surface area contributed by atoms with Gasteiger partial charge in [-0.2, -0.15) is 0 Å². The van der Waals surface area contributed by atoms with Gasteiger partial charge < -0.3 is 10.1 Å². The van der Waals surface area contributed by atoms with Gasteiger partial charge in [0.1, 0.15) is 5.75 Å². The summed E-state index contributed by atoms with van der Waals surface area (Å²) in [5, 5.41) is 2.88. The lowest BCUT2D eigenvalue weighted by Gasteiger charge is -2.15. The molecule has 114 valence electrons. The molecule has 0 saturated carbocycles. The first kappa shape index (κ1) is 14.6. The van der Waals surface area contributed by atoms with E-state index in [9.17, 15) is 4.79 Å². The van der Waals surface area contributed by atoms with Gasteiger partial charge in [0.2, 0.25) is 5.91 Å². The second-order valence-corrected chi connectivity index (χ2v) is 5.85. The standard InChI is InChI=1S/C19H21NO2/c1-13(21)20-17-10-9-14-7-8-15(18(14)12-17)11-16-5-3-4-6-19(16)22-2/h3-6,9-10,12,15H,7-8,11H2,1-2H3,(H,20,21). The van der Waals surface area contributed by atoms with Crippen molar-refractivity contribution < 1.29 is 9.53 Å². The van der Waals surface area contributed by atoms with Crippen molar-refractivity contribution in [3.05, 3.63) is 59.2 Å². The number of hydrogen-bond donors (Lipinski definition) is 1. The highest BCUT2D eigenvalue weighted by molar-refractivity contribution is 5.88. The molecule has 1 unspecified atom stereocenters. The first-order valence-electron chi connectivity index (χ1n) is 7.69. The summed E-state index contributed by atoms with van der Waals surface area (Å²) >= 11 is 0. The maximum Gasteiger partial charge on any atom is 0.221 e. The first-order valence-corrected chi connectivity index (χ1v) is 7.69. The largest absolute Gasteiger partial charge is 0.496 e. The lowest BCUT2D eigenvalue weighted by atomic mass is 9.93. The van der Waals surface area contributed by atoms with E-state index in [4.69, 9.17) is 4.74 Å². The topological polar surface area (TPSA) is 38.3 Å². The van der Waals surface area contributed by atoms with E-state index in [1.807, 2.05) is 18.2 Å². The summed E-state index contributed by atoms with van der Waals surface area (Å²) in [5.74, 6) is 1.41. The highest BCUT2D eigenvalue weighted by Gasteiger charge is 2.24. The van der Waals surface area contributed by atoms with E-state index < -0.39 is 0 Å². The highest BCUT2D eigenvalue weighted by Crippen LogP contribution is 2.38. The maximum absolute atomic E-state index is 11.2. The Kier molecular flexibility index (Phi) is 4.14. The van der Waals surface area contributed by atoms with Crippen molar-refractivity contribution in [2.45, 2.75) is 32.1 Å². The zero-order chi connectivity index (χ0) is 15.5. The van der Waals surface area contributed by atoms with Crippen LogP contribution < -0.4 is 10.1 Å². The zero-order valence-corrected chi connectivity index (χ0v) is 13.1. The Morgan fingerprint density at radius 1 is 1.27 bits per heavy atom. The number of benzene rings is 2. The second kappa shape index (κ2) is 6.22. The van der Waals surface area contributed by atoms with Crippen LogP contribution in [0.1, 0.15) is 36.0 Å². The molecule has 22 heavy (non-hydrogen) atoms. The number of para-hydroxylation sites is 1. The molecule has 0 aromatic heterocycles. The molecule has 0 radical (unpaired) electrons. The lowest BCUT2D eigenvalue weighted by molar-refractivity contribution is -0.114. The molecule has 0 aliphatic heterocycles. The van der Waals surface area contributed by atoms with Crippen LogP contribution in [-0.2, 0) is 17.6 Å². The van der Waals surface area contributed by atoms with E-state index in [-0.39, 0.29) is 5.91 Å². The Balaban J connectivity index is 1.85. The van der Waals surface area contributed by atoms with E-state index >= 15 is 0 Å². The van der Waals surface area contributed by atoms with Crippen LogP contribution in [0.2, 0.25) is 0 Å². The summed E-state index contributed by atoms with van der Waals surface area (Å²) in [6, 6.07) is 14.5. The molecule has 3 rings (SSSR count). The minimum Gasteiger partial charge on any atom is -0.496 e. The molecule has 0 spiro atoms. The van der Waals surface area contributed by atoms with Crippen LogP contribution in [0.25, 0.3) is 0 Å². The lowest BCUT2D eigenvalue weighted by Crippen LogP contribution is -2.07. The Labute approximate surface area is 131 Å². The van der Waals surface area contributed by atoms with Crippen LogP contribution >= 0.6 is 0 Å². The molecule has 0 fully saturated rings. The molecule has 2 aromatic rings. The summed E-state index contributed by atoms with van der Waals surface area (Å²) in [4.78, 5) is 11.2. The SMILES string of the molecule is COc1ccccc1CC1CCc2ccc(NC(C)=O)cc21. The number of carbonyl (C=O) groups excluding carboxylic acids is 1. The number of hydrogen-bond acceptors (Lipinski definition) is 2.